The third kappa shape index (κ3) is 5.63. The van der Waals surface area contributed by atoms with Crippen molar-refractivity contribution >= 4 is 5.91 Å². The standard InChI is InChI=1S/C28H36N4O/c1-2-30-16-18-31(19-17-30)27(33)28(23-29)15-9-14-26(20-28)32(21-24-10-5-3-6-11-24)22-25-12-7-4-8-13-25/h3-8,10-13,26H,2,9,14-22H2,1H3. The Bertz CT molecular complexity index is 892. The number of piperazine rings is 1. The van der Waals surface area contributed by atoms with Gasteiger partial charge in [0.05, 0.1) is 6.07 Å². The molecule has 2 aromatic rings. The maximum atomic E-state index is 13.7. The predicted octanol–water partition coefficient (Wildman–Crippen LogP) is 4.31. The summed E-state index contributed by atoms with van der Waals surface area (Å²) in [7, 11) is 0. The third-order valence-electron chi connectivity index (χ3n) is 7.43. The highest BCUT2D eigenvalue weighted by Crippen LogP contribution is 2.40. The van der Waals surface area contributed by atoms with Crippen molar-refractivity contribution in [3.8, 4) is 6.07 Å². The summed E-state index contributed by atoms with van der Waals surface area (Å²) in [5.74, 6) is 0.0600. The first-order valence-corrected chi connectivity index (χ1v) is 12.4. The molecule has 2 aromatic carbocycles. The van der Waals surface area contributed by atoms with Crippen LogP contribution in [0.5, 0.6) is 0 Å². The topological polar surface area (TPSA) is 50.6 Å². The number of carbonyl (C=O) groups is 1. The van der Waals surface area contributed by atoms with E-state index in [1.165, 1.54) is 11.1 Å². The molecule has 0 bridgehead atoms. The average molecular weight is 445 g/mol. The number of hydrogen-bond donors (Lipinski definition) is 0. The Morgan fingerprint density at radius 3 is 2.09 bits per heavy atom. The second-order valence-corrected chi connectivity index (χ2v) is 9.55. The van der Waals surface area contributed by atoms with Crippen molar-refractivity contribution in [2.45, 2.75) is 51.7 Å². The fourth-order valence-electron chi connectivity index (χ4n) is 5.42. The van der Waals surface area contributed by atoms with Gasteiger partial charge in [-0.15, -0.1) is 0 Å². The first-order chi connectivity index (χ1) is 16.1. The fraction of sp³-hybridized carbons (Fsp3) is 0.500. The van der Waals surface area contributed by atoms with Crippen LogP contribution in [0.1, 0.15) is 43.7 Å². The molecule has 0 radical (unpaired) electrons. The Morgan fingerprint density at radius 2 is 1.58 bits per heavy atom. The molecular formula is C28H36N4O. The summed E-state index contributed by atoms with van der Waals surface area (Å²) in [5, 5.41) is 10.3. The molecule has 0 aromatic heterocycles. The van der Waals surface area contributed by atoms with Gasteiger partial charge in [0.25, 0.3) is 0 Å². The second kappa shape index (κ2) is 11.0. The van der Waals surface area contributed by atoms with Crippen molar-refractivity contribution in [2.75, 3.05) is 32.7 Å². The van der Waals surface area contributed by atoms with E-state index < -0.39 is 5.41 Å². The van der Waals surface area contributed by atoms with Crippen LogP contribution in [0.15, 0.2) is 60.7 Å². The molecule has 1 aliphatic heterocycles. The number of carbonyl (C=O) groups excluding carboxylic acids is 1. The van der Waals surface area contributed by atoms with Gasteiger partial charge in [-0.25, -0.2) is 0 Å². The lowest BCUT2D eigenvalue weighted by atomic mass is 9.71. The number of amides is 1. The van der Waals surface area contributed by atoms with Crippen molar-refractivity contribution in [2.24, 2.45) is 5.41 Å². The van der Waals surface area contributed by atoms with Crippen molar-refractivity contribution < 1.29 is 4.79 Å². The van der Waals surface area contributed by atoms with Gasteiger partial charge in [0.2, 0.25) is 5.91 Å². The Morgan fingerprint density at radius 1 is 1.00 bits per heavy atom. The molecule has 5 nitrogen and oxygen atoms in total. The van der Waals surface area contributed by atoms with Crippen molar-refractivity contribution in [3.63, 3.8) is 0 Å². The second-order valence-electron chi connectivity index (χ2n) is 9.55. The van der Waals surface area contributed by atoms with Gasteiger partial charge in [0, 0.05) is 45.3 Å². The molecule has 2 aliphatic rings. The van der Waals surface area contributed by atoms with E-state index in [1.807, 2.05) is 17.0 Å². The van der Waals surface area contributed by atoms with Crippen molar-refractivity contribution in [1.29, 1.82) is 5.26 Å². The van der Waals surface area contributed by atoms with Crippen LogP contribution >= 0.6 is 0 Å². The minimum absolute atomic E-state index is 0.0600. The van der Waals surface area contributed by atoms with Crippen LogP contribution < -0.4 is 0 Å². The molecule has 2 fully saturated rings. The zero-order valence-corrected chi connectivity index (χ0v) is 19.8. The largest absolute Gasteiger partial charge is 0.339 e. The minimum atomic E-state index is -0.900. The molecule has 0 spiro atoms. The summed E-state index contributed by atoms with van der Waals surface area (Å²) in [6, 6.07) is 23.8. The molecule has 2 unspecified atom stereocenters. The smallest absolute Gasteiger partial charge is 0.243 e. The summed E-state index contributed by atoms with van der Waals surface area (Å²) in [6.07, 6.45) is 3.24. The van der Waals surface area contributed by atoms with Gasteiger partial charge in [-0.05, 0) is 43.4 Å². The van der Waals surface area contributed by atoms with E-state index in [4.69, 9.17) is 0 Å². The Labute approximate surface area is 198 Å². The molecule has 1 saturated heterocycles. The highest BCUT2D eigenvalue weighted by Gasteiger charge is 2.47. The van der Waals surface area contributed by atoms with Crippen LogP contribution in [0, 0.1) is 16.7 Å². The molecule has 4 rings (SSSR count). The number of nitrogens with zero attached hydrogens (tertiary/aromatic N) is 4. The number of rotatable bonds is 7. The molecular weight excluding hydrogens is 408 g/mol. The maximum absolute atomic E-state index is 13.7. The van der Waals surface area contributed by atoms with Gasteiger partial charge in [-0.1, -0.05) is 67.6 Å². The zero-order valence-electron chi connectivity index (χ0n) is 19.8. The monoisotopic (exact) mass is 444 g/mol. The minimum Gasteiger partial charge on any atom is -0.339 e. The van der Waals surface area contributed by atoms with Gasteiger partial charge in [0.1, 0.15) is 5.41 Å². The van der Waals surface area contributed by atoms with Crippen molar-refractivity contribution in [3.05, 3.63) is 71.8 Å². The van der Waals surface area contributed by atoms with Crippen LogP contribution in [-0.4, -0.2) is 59.4 Å². The lowest BCUT2D eigenvalue weighted by molar-refractivity contribution is -0.143. The molecule has 1 aliphatic carbocycles. The number of hydrogen-bond acceptors (Lipinski definition) is 4. The van der Waals surface area contributed by atoms with E-state index in [2.05, 4.69) is 71.3 Å². The van der Waals surface area contributed by atoms with Gasteiger partial charge in [-0.2, -0.15) is 5.26 Å². The highest BCUT2D eigenvalue weighted by atomic mass is 16.2. The highest BCUT2D eigenvalue weighted by molar-refractivity contribution is 5.85. The normalized spacial score (nSPS) is 23.9. The summed E-state index contributed by atoms with van der Waals surface area (Å²) < 4.78 is 0. The molecule has 1 amide bonds. The van der Waals surface area contributed by atoms with Crippen LogP contribution in [0.4, 0.5) is 0 Å². The van der Waals surface area contributed by atoms with E-state index >= 15 is 0 Å². The molecule has 174 valence electrons. The zero-order chi connectivity index (χ0) is 23.1. The molecule has 5 heteroatoms. The third-order valence-corrected chi connectivity index (χ3v) is 7.43. The summed E-state index contributed by atoms with van der Waals surface area (Å²) >= 11 is 0. The molecule has 2 atom stereocenters. The number of nitriles is 1. The number of benzene rings is 2. The predicted molar refractivity (Wildman–Crippen MR) is 131 cm³/mol. The van der Waals surface area contributed by atoms with Crippen LogP contribution in [0.3, 0.4) is 0 Å². The Balaban J connectivity index is 1.53. The first-order valence-electron chi connectivity index (χ1n) is 12.4. The molecule has 1 saturated carbocycles. The first kappa shape index (κ1) is 23.5. The van der Waals surface area contributed by atoms with Crippen molar-refractivity contribution in [1.82, 2.24) is 14.7 Å². The Kier molecular flexibility index (Phi) is 7.80. The summed E-state index contributed by atoms with van der Waals surface area (Å²) in [5.41, 5.74) is 1.63. The van der Waals surface area contributed by atoms with Gasteiger partial charge >= 0.3 is 0 Å². The van der Waals surface area contributed by atoms with Gasteiger partial charge in [0.15, 0.2) is 0 Å². The van der Waals surface area contributed by atoms with Crippen LogP contribution in [0.25, 0.3) is 0 Å². The lowest BCUT2D eigenvalue weighted by Crippen LogP contribution is -2.55. The molecule has 1 heterocycles. The van der Waals surface area contributed by atoms with Gasteiger partial charge < -0.3 is 9.80 Å². The van der Waals surface area contributed by atoms with E-state index in [1.54, 1.807) is 0 Å². The summed E-state index contributed by atoms with van der Waals surface area (Å²) in [4.78, 5) is 20.5. The van der Waals surface area contributed by atoms with Gasteiger partial charge in [-0.3, -0.25) is 9.69 Å². The molecule has 0 N–H and O–H groups in total. The van der Waals surface area contributed by atoms with E-state index in [-0.39, 0.29) is 11.9 Å². The average Bonchev–Trinajstić information content (AvgIpc) is 2.89. The van der Waals surface area contributed by atoms with E-state index in [0.29, 0.717) is 12.8 Å². The fourth-order valence-corrected chi connectivity index (χ4v) is 5.42. The summed E-state index contributed by atoms with van der Waals surface area (Å²) in [6.45, 7) is 8.10. The van der Waals surface area contributed by atoms with Crippen LogP contribution in [-0.2, 0) is 17.9 Å². The molecule has 33 heavy (non-hydrogen) atoms. The number of likely N-dealkylation sites (N-methyl/N-ethyl adjacent to an activating group) is 1. The SMILES string of the molecule is CCN1CCN(C(=O)C2(C#N)CCCC(N(Cc3ccccc3)Cc3ccccc3)C2)CC1. The van der Waals surface area contributed by atoms with E-state index in [0.717, 1.165) is 58.7 Å². The van der Waals surface area contributed by atoms with Crippen LogP contribution in [0.2, 0.25) is 0 Å². The van der Waals surface area contributed by atoms with E-state index in [9.17, 15) is 10.1 Å². The lowest BCUT2D eigenvalue weighted by Gasteiger charge is -2.44. The quantitative estimate of drug-likeness (QED) is 0.639. The maximum Gasteiger partial charge on any atom is 0.243 e. The Hall–Kier alpha value is -2.68.